The quantitative estimate of drug-likeness (QED) is 0.234. The van der Waals surface area contributed by atoms with Crippen molar-refractivity contribution in [3.8, 4) is 5.75 Å². The second-order valence-corrected chi connectivity index (χ2v) is 9.50. The molecule has 0 bridgehead atoms. The van der Waals surface area contributed by atoms with Crippen LogP contribution in [0.3, 0.4) is 0 Å². The SMILES string of the molecule is O=C(O)c1ccc(OC/C=C/Cn2c(=O)n(C(c3ccccc3)c3ccccc3)c(=O)c3ccc(Cl)cc32)cc1. The first-order valence-corrected chi connectivity index (χ1v) is 13.0. The van der Waals surface area contributed by atoms with Crippen LogP contribution in [0.15, 0.2) is 125 Å². The molecule has 0 fully saturated rings. The summed E-state index contributed by atoms with van der Waals surface area (Å²) in [7, 11) is 0. The zero-order chi connectivity index (χ0) is 28.1. The van der Waals surface area contributed by atoms with E-state index in [1.165, 1.54) is 21.3 Å². The van der Waals surface area contributed by atoms with Gasteiger partial charge in [-0.2, -0.15) is 0 Å². The number of halogens is 1. The first-order valence-electron chi connectivity index (χ1n) is 12.6. The van der Waals surface area contributed by atoms with E-state index in [0.717, 1.165) is 11.1 Å². The predicted octanol–water partition coefficient (Wildman–Crippen LogP) is 5.79. The second kappa shape index (κ2) is 11.9. The smallest absolute Gasteiger partial charge is 0.335 e. The number of carbonyl (C=O) groups is 1. The van der Waals surface area contributed by atoms with E-state index in [2.05, 4.69) is 0 Å². The van der Waals surface area contributed by atoms with Gasteiger partial charge in [0.1, 0.15) is 12.4 Å². The van der Waals surface area contributed by atoms with Gasteiger partial charge in [0.25, 0.3) is 5.56 Å². The Bertz CT molecular complexity index is 1750. The highest BCUT2D eigenvalue weighted by Crippen LogP contribution is 2.25. The Labute approximate surface area is 234 Å². The molecular weight excluding hydrogens is 528 g/mol. The maximum Gasteiger partial charge on any atom is 0.335 e. The first-order chi connectivity index (χ1) is 19.4. The van der Waals surface area contributed by atoms with E-state index in [0.29, 0.717) is 21.7 Å². The lowest BCUT2D eigenvalue weighted by Gasteiger charge is -2.22. The van der Waals surface area contributed by atoms with Crippen LogP contribution >= 0.6 is 11.6 Å². The van der Waals surface area contributed by atoms with Gasteiger partial charge in [-0.3, -0.25) is 9.36 Å². The molecule has 0 amide bonds. The fourth-order valence-corrected chi connectivity index (χ4v) is 4.78. The molecule has 200 valence electrons. The number of benzene rings is 4. The number of aromatic nitrogens is 2. The Hall–Kier alpha value is -4.88. The number of carboxylic acid groups (broad SMARTS) is 1. The van der Waals surface area contributed by atoms with Crippen molar-refractivity contribution in [1.82, 2.24) is 9.13 Å². The van der Waals surface area contributed by atoms with Gasteiger partial charge in [0.15, 0.2) is 0 Å². The lowest BCUT2D eigenvalue weighted by molar-refractivity contribution is 0.0697. The largest absolute Gasteiger partial charge is 0.490 e. The van der Waals surface area contributed by atoms with E-state index < -0.39 is 23.3 Å². The van der Waals surface area contributed by atoms with Gasteiger partial charge >= 0.3 is 11.7 Å². The lowest BCUT2D eigenvalue weighted by atomic mass is 9.98. The summed E-state index contributed by atoms with van der Waals surface area (Å²) in [6, 6.07) is 29.3. The molecule has 7 nitrogen and oxygen atoms in total. The molecule has 0 atom stereocenters. The Balaban J connectivity index is 1.53. The van der Waals surface area contributed by atoms with Crippen LogP contribution in [0.2, 0.25) is 5.02 Å². The zero-order valence-electron chi connectivity index (χ0n) is 21.3. The summed E-state index contributed by atoms with van der Waals surface area (Å²) in [5.41, 5.74) is 1.37. The summed E-state index contributed by atoms with van der Waals surface area (Å²) in [5.74, 6) is -0.488. The Morgan fingerprint density at radius 2 is 1.48 bits per heavy atom. The number of hydrogen-bond acceptors (Lipinski definition) is 4. The normalized spacial score (nSPS) is 11.3. The van der Waals surface area contributed by atoms with Crippen molar-refractivity contribution in [3.05, 3.63) is 158 Å². The summed E-state index contributed by atoms with van der Waals surface area (Å²) < 4.78 is 8.50. The first kappa shape index (κ1) is 26.7. The van der Waals surface area contributed by atoms with Crippen LogP contribution in [0.4, 0.5) is 0 Å². The van der Waals surface area contributed by atoms with Gasteiger partial charge in [-0.1, -0.05) is 78.3 Å². The molecule has 0 spiro atoms. The van der Waals surface area contributed by atoms with E-state index >= 15 is 0 Å². The van der Waals surface area contributed by atoms with Crippen LogP contribution in [-0.2, 0) is 6.54 Å². The van der Waals surface area contributed by atoms with Gasteiger partial charge in [-0.15, -0.1) is 0 Å². The Morgan fingerprint density at radius 3 is 2.08 bits per heavy atom. The standard InChI is InChI=1S/C32H25ClN2O5/c33-25-15-18-27-28(21-25)34(19-7-8-20-40-26-16-13-24(14-17-26)31(37)38)32(39)35(30(27)36)29(22-9-3-1-4-10-22)23-11-5-2-6-12-23/h1-18,21,29H,19-20H2,(H,37,38)/b8-7+. The van der Waals surface area contributed by atoms with E-state index in [1.54, 1.807) is 42.5 Å². The van der Waals surface area contributed by atoms with Gasteiger partial charge in [-0.25, -0.2) is 14.2 Å². The van der Waals surface area contributed by atoms with E-state index in [-0.39, 0.29) is 18.7 Å². The number of carboxylic acids is 1. The number of nitrogens with zero attached hydrogens (tertiary/aromatic N) is 2. The minimum absolute atomic E-state index is 0.173. The average molecular weight is 553 g/mol. The molecule has 0 saturated heterocycles. The lowest BCUT2D eigenvalue weighted by Crippen LogP contribution is -2.43. The summed E-state index contributed by atoms with van der Waals surface area (Å²) in [6.45, 7) is 0.379. The molecule has 0 saturated carbocycles. The number of ether oxygens (including phenoxy) is 1. The van der Waals surface area contributed by atoms with Crippen molar-refractivity contribution in [2.45, 2.75) is 12.6 Å². The third-order valence-corrected chi connectivity index (χ3v) is 6.76. The highest BCUT2D eigenvalue weighted by molar-refractivity contribution is 6.31. The summed E-state index contributed by atoms with van der Waals surface area (Å²) in [4.78, 5) is 38.9. The maximum absolute atomic E-state index is 14.0. The molecule has 8 heteroatoms. The number of aromatic carboxylic acids is 1. The number of allylic oxidation sites excluding steroid dienone is 1. The average Bonchev–Trinajstić information content (AvgIpc) is 2.97. The van der Waals surface area contributed by atoms with Crippen LogP contribution in [0.1, 0.15) is 27.5 Å². The molecule has 0 aliphatic rings. The molecule has 5 aromatic rings. The fourth-order valence-electron chi connectivity index (χ4n) is 4.61. The van der Waals surface area contributed by atoms with Gasteiger partial charge < -0.3 is 9.84 Å². The summed E-state index contributed by atoms with van der Waals surface area (Å²) >= 11 is 6.27. The van der Waals surface area contributed by atoms with Crippen molar-refractivity contribution >= 4 is 28.5 Å². The molecule has 40 heavy (non-hydrogen) atoms. The molecule has 0 radical (unpaired) electrons. The monoisotopic (exact) mass is 552 g/mol. The predicted molar refractivity (Wildman–Crippen MR) is 156 cm³/mol. The maximum atomic E-state index is 14.0. The molecule has 0 aliphatic carbocycles. The second-order valence-electron chi connectivity index (χ2n) is 9.07. The van der Waals surface area contributed by atoms with Crippen LogP contribution in [-0.4, -0.2) is 26.8 Å². The fraction of sp³-hybridized carbons (Fsp3) is 0.0938. The van der Waals surface area contributed by atoms with Crippen molar-refractivity contribution in [2.75, 3.05) is 6.61 Å². The molecule has 0 aliphatic heterocycles. The molecular formula is C32H25ClN2O5. The van der Waals surface area contributed by atoms with E-state index in [4.69, 9.17) is 21.4 Å². The van der Waals surface area contributed by atoms with Crippen LogP contribution < -0.4 is 16.0 Å². The summed E-state index contributed by atoms with van der Waals surface area (Å²) in [6.07, 6.45) is 3.54. The number of hydrogen-bond donors (Lipinski definition) is 1. The van der Waals surface area contributed by atoms with Gasteiger partial charge in [0, 0.05) is 11.6 Å². The Kier molecular flexibility index (Phi) is 7.94. The van der Waals surface area contributed by atoms with Crippen molar-refractivity contribution in [2.24, 2.45) is 0 Å². The van der Waals surface area contributed by atoms with Crippen LogP contribution in [0.5, 0.6) is 5.75 Å². The third kappa shape index (κ3) is 5.60. The minimum atomic E-state index is -1.01. The van der Waals surface area contributed by atoms with Crippen molar-refractivity contribution in [1.29, 1.82) is 0 Å². The van der Waals surface area contributed by atoms with Gasteiger partial charge in [0.05, 0.1) is 22.5 Å². The topological polar surface area (TPSA) is 90.5 Å². The highest BCUT2D eigenvalue weighted by Gasteiger charge is 2.23. The van der Waals surface area contributed by atoms with Gasteiger partial charge in [-0.05, 0) is 59.7 Å². The van der Waals surface area contributed by atoms with Crippen molar-refractivity contribution < 1.29 is 14.6 Å². The van der Waals surface area contributed by atoms with Crippen LogP contribution in [0, 0.1) is 0 Å². The number of rotatable bonds is 9. The Morgan fingerprint density at radius 1 is 0.850 bits per heavy atom. The van der Waals surface area contributed by atoms with Crippen LogP contribution in [0.25, 0.3) is 10.9 Å². The van der Waals surface area contributed by atoms with Gasteiger partial charge in [0.2, 0.25) is 0 Å². The molecule has 4 aromatic carbocycles. The molecule has 0 unspecified atom stereocenters. The van der Waals surface area contributed by atoms with E-state index in [9.17, 15) is 14.4 Å². The molecule has 5 rings (SSSR count). The number of fused-ring (bicyclic) bond motifs is 1. The minimum Gasteiger partial charge on any atom is -0.490 e. The highest BCUT2D eigenvalue weighted by atomic mass is 35.5. The van der Waals surface area contributed by atoms with E-state index in [1.807, 2.05) is 60.7 Å². The van der Waals surface area contributed by atoms with Crippen molar-refractivity contribution in [3.63, 3.8) is 0 Å². The molecule has 1 heterocycles. The summed E-state index contributed by atoms with van der Waals surface area (Å²) in [5, 5.41) is 9.83. The molecule has 1 N–H and O–H groups in total. The zero-order valence-corrected chi connectivity index (χ0v) is 22.1. The molecule has 1 aromatic heterocycles. The third-order valence-electron chi connectivity index (χ3n) is 6.53.